The zero-order valence-electron chi connectivity index (χ0n) is 10.5. The maximum atomic E-state index is 12.1. The molecular weight excluding hydrogens is 206 g/mol. The van der Waals surface area contributed by atoms with E-state index < -0.39 is 0 Å². The van der Waals surface area contributed by atoms with Gasteiger partial charge in [0.2, 0.25) is 5.91 Å². The molecule has 4 nitrogen and oxygen atoms in total. The number of esters is 1. The lowest BCUT2D eigenvalue weighted by atomic mass is 9.96. The van der Waals surface area contributed by atoms with Gasteiger partial charge in [-0.05, 0) is 18.8 Å². The quantitative estimate of drug-likeness (QED) is 0.685. The van der Waals surface area contributed by atoms with Crippen LogP contribution in [0.1, 0.15) is 33.6 Å². The Balaban J connectivity index is 2.71. The molecule has 16 heavy (non-hydrogen) atoms. The average Bonchev–Trinajstić information content (AvgIpc) is 2.74. The van der Waals surface area contributed by atoms with E-state index in [1.54, 1.807) is 4.90 Å². The molecule has 1 rings (SSSR count). The first kappa shape index (κ1) is 13.0. The molecule has 2 atom stereocenters. The van der Waals surface area contributed by atoms with Crippen molar-refractivity contribution < 1.29 is 14.3 Å². The van der Waals surface area contributed by atoms with Crippen molar-refractivity contribution in [2.75, 3.05) is 13.7 Å². The van der Waals surface area contributed by atoms with Gasteiger partial charge in [-0.25, -0.2) is 4.79 Å². The Morgan fingerprint density at radius 2 is 1.94 bits per heavy atom. The molecular formula is C12H21NO3. The number of likely N-dealkylation sites (tertiary alicyclic amines) is 1. The summed E-state index contributed by atoms with van der Waals surface area (Å²) in [6.45, 7) is 6.63. The summed E-state index contributed by atoms with van der Waals surface area (Å²) in [5.41, 5.74) is 0. The molecule has 4 heteroatoms. The topological polar surface area (TPSA) is 46.6 Å². The van der Waals surface area contributed by atoms with E-state index in [1.165, 1.54) is 7.11 Å². The van der Waals surface area contributed by atoms with Crippen LogP contribution in [-0.4, -0.2) is 36.5 Å². The number of hydrogen-bond acceptors (Lipinski definition) is 3. The number of amides is 1. The highest BCUT2D eigenvalue weighted by Gasteiger charge is 2.36. The second-order valence-corrected chi connectivity index (χ2v) is 4.75. The molecule has 1 aliphatic rings. The summed E-state index contributed by atoms with van der Waals surface area (Å²) in [5.74, 6) is 0.0429. The SMILES string of the molecule is COC(=O)[C@@H]1CCCN1C(=O)[C@@H](C)C(C)C. The van der Waals surface area contributed by atoms with Crippen molar-refractivity contribution >= 4 is 11.9 Å². The second-order valence-electron chi connectivity index (χ2n) is 4.75. The third-order valence-electron chi connectivity index (χ3n) is 3.40. The first-order valence-corrected chi connectivity index (χ1v) is 5.87. The van der Waals surface area contributed by atoms with E-state index in [0.29, 0.717) is 12.5 Å². The Bertz CT molecular complexity index is 275. The fourth-order valence-corrected chi connectivity index (χ4v) is 1.96. The molecule has 0 unspecified atom stereocenters. The third kappa shape index (κ3) is 2.54. The molecule has 0 N–H and O–H groups in total. The van der Waals surface area contributed by atoms with Gasteiger partial charge < -0.3 is 9.64 Å². The van der Waals surface area contributed by atoms with Crippen molar-refractivity contribution in [3.8, 4) is 0 Å². The molecule has 0 aromatic heterocycles. The van der Waals surface area contributed by atoms with Crippen LogP contribution < -0.4 is 0 Å². The van der Waals surface area contributed by atoms with Crippen LogP contribution in [0.4, 0.5) is 0 Å². The molecule has 1 amide bonds. The van der Waals surface area contributed by atoms with Crippen LogP contribution in [0.2, 0.25) is 0 Å². The van der Waals surface area contributed by atoms with Gasteiger partial charge in [-0.3, -0.25) is 4.79 Å². The predicted octanol–water partition coefficient (Wildman–Crippen LogP) is 1.44. The largest absolute Gasteiger partial charge is 0.467 e. The summed E-state index contributed by atoms with van der Waals surface area (Å²) in [6.07, 6.45) is 1.61. The van der Waals surface area contributed by atoms with Crippen LogP contribution in [0.15, 0.2) is 0 Å². The van der Waals surface area contributed by atoms with Gasteiger partial charge in [0.25, 0.3) is 0 Å². The minimum Gasteiger partial charge on any atom is -0.467 e. The molecule has 0 radical (unpaired) electrons. The number of hydrogen-bond donors (Lipinski definition) is 0. The van der Waals surface area contributed by atoms with Gasteiger partial charge in [-0.1, -0.05) is 20.8 Å². The maximum Gasteiger partial charge on any atom is 0.328 e. The van der Waals surface area contributed by atoms with Crippen LogP contribution in [0.25, 0.3) is 0 Å². The Morgan fingerprint density at radius 1 is 1.31 bits per heavy atom. The number of methoxy groups -OCH3 is 1. The first-order chi connectivity index (χ1) is 7.49. The molecule has 0 spiro atoms. The molecule has 0 bridgehead atoms. The maximum absolute atomic E-state index is 12.1. The Hall–Kier alpha value is -1.06. The zero-order valence-corrected chi connectivity index (χ0v) is 10.5. The van der Waals surface area contributed by atoms with Crippen LogP contribution in [-0.2, 0) is 14.3 Å². The van der Waals surface area contributed by atoms with E-state index in [1.807, 2.05) is 20.8 Å². The lowest BCUT2D eigenvalue weighted by Gasteiger charge is -2.27. The molecule has 92 valence electrons. The fourth-order valence-electron chi connectivity index (χ4n) is 1.96. The number of carbonyl (C=O) groups is 2. The van der Waals surface area contributed by atoms with E-state index >= 15 is 0 Å². The van der Waals surface area contributed by atoms with Crippen molar-refractivity contribution in [3.05, 3.63) is 0 Å². The van der Waals surface area contributed by atoms with Gasteiger partial charge in [0.15, 0.2) is 0 Å². The first-order valence-electron chi connectivity index (χ1n) is 5.87. The van der Waals surface area contributed by atoms with E-state index in [4.69, 9.17) is 4.74 Å². The van der Waals surface area contributed by atoms with Crippen molar-refractivity contribution in [2.45, 2.75) is 39.7 Å². The Morgan fingerprint density at radius 3 is 2.44 bits per heavy atom. The summed E-state index contributed by atoms with van der Waals surface area (Å²) in [6, 6.07) is -0.362. The van der Waals surface area contributed by atoms with Gasteiger partial charge in [0.05, 0.1) is 7.11 Å². The number of carbonyl (C=O) groups excluding carboxylic acids is 2. The summed E-state index contributed by atoms with van der Waals surface area (Å²) < 4.78 is 4.72. The minimum atomic E-state index is -0.362. The summed E-state index contributed by atoms with van der Waals surface area (Å²) in [4.78, 5) is 25.3. The van der Waals surface area contributed by atoms with Crippen LogP contribution in [0, 0.1) is 11.8 Å². The molecule has 1 fully saturated rings. The predicted molar refractivity (Wildman–Crippen MR) is 60.8 cm³/mol. The highest BCUT2D eigenvalue weighted by atomic mass is 16.5. The number of rotatable bonds is 3. The van der Waals surface area contributed by atoms with Gasteiger partial charge in [-0.15, -0.1) is 0 Å². The Kier molecular flexibility index (Phi) is 4.33. The highest BCUT2D eigenvalue weighted by Crippen LogP contribution is 2.23. The lowest BCUT2D eigenvalue weighted by Crippen LogP contribution is -2.44. The molecule has 1 heterocycles. The van der Waals surface area contributed by atoms with Crippen LogP contribution in [0.5, 0.6) is 0 Å². The van der Waals surface area contributed by atoms with E-state index in [-0.39, 0.29) is 23.8 Å². The Labute approximate surface area is 96.9 Å². The smallest absolute Gasteiger partial charge is 0.328 e. The normalized spacial score (nSPS) is 22.3. The highest BCUT2D eigenvalue weighted by molar-refractivity contribution is 5.86. The lowest BCUT2D eigenvalue weighted by molar-refractivity contribution is -0.152. The molecule has 0 aromatic carbocycles. The molecule has 0 saturated carbocycles. The summed E-state index contributed by atoms with van der Waals surface area (Å²) in [7, 11) is 1.37. The molecule has 0 aliphatic carbocycles. The van der Waals surface area contributed by atoms with E-state index in [2.05, 4.69) is 0 Å². The van der Waals surface area contributed by atoms with Crippen LogP contribution >= 0.6 is 0 Å². The number of ether oxygens (including phenoxy) is 1. The second kappa shape index (κ2) is 5.32. The number of nitrogens with zero attached hydrogens (tertiary/aromatic N) is 1. The van der Waals surface area contributed by atoms with E-state index in [9.17, 15) is 9.59 Å². The van der Waals surface area contributed by atoms with Gasteiger partial charge >= 0.3 is 5.97 Å². The minimum absolute atomic E-state index is 0.0368. The van der Waals surface area contributed by atoms with Crippen molar-refractivity contribution in [1.82, 2.24) is 4.90 Å². The molecule has 0 aromatic rings. The average molecular weight is 227 g/mol. The third-order valence-corrected chi connectivity index (χ3v) is 3.40. The fraction of sp³-hybridized carbons (Fsp3) is 0.833. The summed E-state index contributed by atoms with van der Waals surface area (Å²) >= 11 is 0. The molecule has 1 saturated heterocycles. The van der Waals surface area contributed by atoms with E-state index in [0.717, 1.165) is 12.8 Å². The van der Waals surface area contributed by atoms with Gasteiger partial charge in [-0.2, -0.15) is 0 Å². The van der Waals surface area contributed by atoms with Gasteiger partial charge in [0, 0.05) is 12.5 Å². The monoisotopic (exact) mass is 227 g/mol. The summed E-state index contributed by atoms with van der Waals surface area (Å²) in [5, 5.41) is 0. The molecule has 1 aliphatic heterocycles. The van der Waals surface area contributed by atoms with Crippen molar-refractivity contribution in [1.29, 1.82) is 0 Å². The van der Waals surface area contributed by atoms with Crippen molar-refractivity contribution in [2.24, 2.45) is 11.8 Å². The zero-order chi connectivity index (χ0) is 12.3. The van der Waals surface area contributed by atoms with Crippen LogP contribution in [0.3, 0.4) is 0 Å². The standard InChI is InChI=1S/C12H21NO3/c1-8(2)9(3)11(14)13-7-5-6-10(13)12(15)16-4/h8-10H,5-7H2,1-4H3/t9-,10-/m0/s1. The van der Waals surface area contributed by atoms with Gasteiger partial charge in [0.1, 0.15) is 6.04 Å². The van der Waals surface area contributed by atoms with Crippen molar-refractivity contribution in [3.63, 3.8) is 0 Å².